The minimum Gasteiger partial charge on any atom is -0.378 e. The van der Waals surface area contributed by atoms with Crippen LogP contribution in [0.1, 0.15) is 0 Å². The summed E-state index contributed by atoms with van der Waals surface area (Å²) in [5, 5.41) is 3.75. The van der Waals surface area contributed by atoms with Crippen molar-refractivity contribution in [3.8, 4) is 0 Å². The number of fused-ring (bicyclic) bond motifs is 1. The first kappa shape index (κ1) is 13.6. The minimum atomic E-state index is -2.97. The van der Waals surface area contributed by atoms with Crippen molar-refractivity contribution in [2.45, 2.75) is 12.1 Å². The summed E-state index contributed by atoms with van der Waals surface area (Å²) in [5.74, 6) is 0.332. The predicted octanol–water partition coefficient (Wildman–Crippen LogP) is 0.613. The van der Waals surface area contributed by atoms with Gasteiger partial charge >= 0.3 is 0 Å². The van der Waals surface area contributed by atoms with Gasteiger partial charge < -0.3 is 15.1 Å². The molecule has 2 aliphatic rings. The van der Waals surface area contributed by atoms with Crippen molar-refractivity contribution >= 4 is 38.5 Å². The molecule has 0 aromatic heterocycles. The third-order valence-corrected chi connectivity index (χ3v) is 5.84. The zero-order chi connectivity index (χ0) is 14.5. The van der Waals surface area contributed by atoms with E-state index >= 15 is 0 Å². The summed E-state index contributed by atoms with van der Waals surface area (Å²) >= 11 is 5.37. The summed E-state index contributed by atoms with van der Waals surface area (Å²) in [4.78, 5) is 3.95. The van der Waals surface area contributed by atoms with Crippen LogP contribution < -0.4 is 15.1 Å². The second kappa shape index (κ2) is 4.60. The van der Waals surface area contributed by atoms with Crippen LogP contribution in [0.2, 0.25) is 0 Å². The molecule has 0 aliphatic carbocycles. The number of nitrogens with one attached hydrogen (secondary N) is 1. The van der Waals surface area contributed by atoms with E-state index in [1.165, 1.54) is 0 Å². The van der Waals surface area contributed by atoms with E-state index in [9.17, 15) is 8.42 Å². The third kappa shape index (κ3) is 2.25. The monoisotopic (exact) mass is 311 g/mol. The fourth-order valence-electron chi connectivity index (χ4n) is 2.83. The number of benzene rings is 1. The van der Waals surface area contributed by atoms with Gasteiger partial charge in [-0.15, -0.1) is 0 Å². The van der Waals surface area contributed by atoms with Gasteiger partial charge in [0.05, 0.1) is 23.6 Å². The second-order valence-corrected chi connectivity index (χ2v) is 8.03. The van der Waals surface area contributed by atoms with Crippen LogP contribution in [-0.4, -0.2) is 51.2 Å². The predicted molar refractivity (Wildman–Crippen MR) is 85.2 cm³/mol. The SMILES string of the molecule is CN(C)c1cccc(N2C(=S)N[C@@H]3CS(=O)(=O)C[C@@H]32)c1. The fraction of sp³-hybridized carbons (Fsp3) is 0.462. The first-order valence-electron chi connectivity index (χ1n) is 6.45. The average Bonchev–Trinajstić information content (AvgIpc) is 2.79. The van der Waals surface area contributed by atoms with E-state index in [1.807, 2.05) is 48.2 Å². The first-order valence-corrected chi connectivity index (χ1v) is 8.68. The molecular weight excluding hydrogens is 294 g/mol. The van der Waals surface area contributed by atoms with Gasteiger partial charge in [-0.05, 0) is 30.4 Å². The number of anilines is 2. The van der Waals surface area contributed by atoms with E-state index in [-0.39, 0.29) is 23.6 Å². The van der Waals surface area contributed by atoms with Crippen molar-refractivity contribution in [3.63, 3.8) is 0 Å². The van der Waals surface area contributed by atoms with Gasteiger partial charge in [0.25, 0.3) is 0 Å². The maximum absolute atomic E-state index is 11.8. The molecule has 2 heterocycles. The van der Waals surface area contributed by atoms with Crippen molar-refractivity contribution < 1.29 is 8.42 Å². The molecule has 0 radical (unpaired) electrons. The first-order chi connectivity index (χ1) is 9.37. The Kier molecular flexibility index (Phi) is 3.13. The summed E-state index contributed by atoms with van der Waals surface area (Å²) in [6.07, 6.45) is 0. The molecule has 1 aromatic rings. The van der Waals surface area contributed by atoms with Crippen molar-refractivity contribution in [3.05, 3.63) is 24.3 Å². The molecule has 20 heavy (non-hydrogen) atoms. The van der Waals surface area contributed by atoms with Crippen molar-refractivity contribution in [1.29, 1.82) is 0 Å². The highest BCUT2D eigenvalue weighted by Crippen LogP contribution is 2.31. The van der Waals surface area contributed by atoms with Gasteiger partial charge in [-0.2, -0.15) is 0 Å². The Morgan fingerprint density at radius 1 is 1.35 bits per heavy atom. The summed E-state index contributed by atoms with van der Waals surface area (Å²) in [5.41, 5.74) is 2.01. The van der Waals surface area contributed by atoms with Crippen molar-refractivity contribution in [1.82, 2.24) is 5.32 Å². The van der Waals surface area contributed by atoms with Crippen LogP contribution in [0.15, 0.2) is 24.3 Å². The molecule has 5 nitrogen and oxygen atoms in total. The summed E-state index contributed by atoms with van der Waals surface area (Å²) in [7, 11) is 0.979. The molecule has 3 rings (SSSR count). The van der Waals surface area contributed by atoms with Gasteiger partial charge in [-0.25, -0.2) is 8.42 Å². The topological polar surface area (TPSA) is 52.6 Å². The van der Waals surface area contributed by atoms with Gasteiger partial charge in [0.1, 0.15) is 0 Å². The number of hydrogen-bond acceptors (Lipinski definition) is 4. The Bertz CT molecular complexity index is 657. The molecule has 0 saturated carbocycles. The molecule has 0 amide bonds. The smallest absolute Gasteiger partial charge is 0.174 e. The number of nitrogens with zero attached hydrogens (tertiary/aromatic N) is 2. The summed E-state index contributed by atoms with van der Waals surface area (Å²) < 4.78 is 23.6. The Hall–Kier alpha value is -1.34. The third-order valence-electron chi connectivity index (χ3n) is 3.81. The Balaban J connectivity index is 1.97. The highest BCUT2D eigenvalue weighted by Gasteiger charge is 2.47. The van der Waals surface area contributed by atoms with E-state index in [4.69, 9.17) is 12.2 Å². The highest BCUT2D eigenvalue weighted by molar-refractivity contribution is 7.91. The zero-order valence-electron chi connectivity index (χ0n) is 11.4. The van der Waals surface area contributed by atoms with Crippen LogP contribution >= 0.6 is 12.2 Å². The molecule has 0 spiro atoms. The molecule has 2 atom stereocenters. The molecule has 0 bridgehead atoms. The quantitative estimate of drug-likeness (QED) is 0.808. The van der Waals surface area contributed by atoms with E-state index in [0.29, 0.717) is 5.11 Å². The second-order valence-electron chi connectivity index (χ2n) is 5.48. The van der Waals surface area contributed by atoms with Gasteiger partial charge in [0.2, 0.25) is 0 Å². The van der Waals surface area contributed by atoms with Gasteiger partial charge in [0.15, 0.2) is 14.9 Å². The maximum atomic E-state index is 11.8. The average molecular weight is 311 g/mol. The van der Waals surface area contributed by atoms with E-state index in [2.05, 4.69) is 5.32 Å². The molecule has 0 unspecified atom stereocenters. The van der Waals surface area contributed by atoms with Crippen LogP contribution in [0.3, 0.4) is 0 Å². The lowest BCUT2D eigenvalue weighted by atomic mass is 10.1. The highest BCUT2D eigenvalue weighted by atomic mass is 32.2. The van der Waals surface area contributed by atoms with Crippen molar-refractivity contribution in [2.75, 3.05) is 35.4 Å². The summed E-state index contributed by atoms with van der Waals surface area (Å²) in [6, 6.07) is 7.79. The van der Waals surface area contributed by atoms with E-state index in [1.54, 1.807) is 0 Å². The van der Waals surface area contributed by atoms with Gasteiger partial charge in [-0.1, -0.05) is 6.07 Å². The lowest BCUT2D eigenvalue weighted by molar-refractivity contribution is 0.600. The number of hydrogen-bond donors (Lipinski definition) is 1. The van der Waals surface area contributed by atoms with Crippen LogP contribution in [0, 0.1) is 0 Å². The van der Waals surface area contributed by atoms with Gasteiger partial charge in [-0.3, -0.25) is 0 Å². The Morgan fingerprint density at radius 2 is 2.10 bits per heavy atom. The normalized spacial score (nSPS) is 27.3. The summed E-state index contributed by atoms with van der Waals surface area (Å²) in [6.45, 7) is 0. The maximum Gasteiger partial charge on any atom is 0.174 e. The minimum absolute atomic E-state index is 0.0875. The van der Waals surface area contributed by atoms with Crippen LogP contribution in [0.4, 0.5) is 11.4 Å². The molecule has 7 heteroatoms. The van der Waals surface area contributed by atoms with Crippen LogP contribution in [0.5, 0.6) is 0 Å². The number of thiocarbonyl (C=S) groups is 1. The van der Waals surface area contributed by atoms with E-state index < -0.39 is 9.84 Å². The van der Waals surface area contributed by atoms with Gasteiger partial charge in [0, 0.05) is 25.5 Å². The van der Waals surface area contributed by atoms with E-state index in [0.717, 1.165) is 11.4 Å². The molecular formula is C13H17N3O2S2. The molecule has 108 valence electrons. The number of rotatable bonds is 2. The van der Waals surface area contributed by atoms with Crippen molar-refractivity contribution in [2.24, 2.45) is 0 Å². The van der Waals surface area contributed by atoms with Crippen LogP contribution in [-0.2, 0) is 9.84 Å². The number of sulfone groups is 1. The fourth-order valence-corrected chi connectivity index (χ4v) is 5.11. The molecule has 1 N–H and O–H groups in total. The lowest BCUT2D eigenvalue weighted by Gasteiger charge is -2.24. The zero-order valence-corrected chi connectivity index (χ0v) is 13.0. The molecule has 2 aliphatic heterocycles. The van der Waals surface area contributed by atoms with Crippen LogP contribution in [0.25, 0.3) is 0 Å². The molecule has 2 fully saturated rings. The Labute approximate surface area is 124 Å². The lowest BCUT2D eigenvalue weighted by Crippen LogP contribution is -2.36. The molecule has 1 aromatic carbocycles. The Morgan fingerprint density at radius 3 is 2.80 bits per heavy atom. The largest absolute Gasteiger partial charge is 0.378 e. The molecule has 2 saturated heterocycles. The standard InChI is InChI=1S/C13H17N3O2S2/c1-15(2)9-4-3-5-10(6-9)16-12-8-20(17,18)7-11(12)14-13(16)19/h3-6,11-12H,7-8H2,1-2H3,(H,14,19)/t11-,12+/m1/s1.